The molecule has 2 atom stereocenters. The molecular formula is C17H19N5O. The second-order valence-electron chi connectivity index (χ2n) is 6.46. The van der Waals surface area contributed by atoms with E-state index in [1.807, 2.05) is 30.0 Å². The summed E-state index contributed by atoms with van der Waals surface area (Å²) in [6.07, 6.45) is 5.44. The van der Waals surface area contributed by atoms with Gasteiger partial charge in [-0.3, -0.25) is 9.78 Å². The molecule has 1 amide bonds. The van der Waals surface area contributed by atoms with E-state index in [0.717, 1.165) is 30.9 Å². The van der Waals surface area contributed by atoms with Crippen LogP contribution in [0.1, 0.15) is 29.0 Å². The Kier molecular flexibility index (Phi) is 3.25. The maximum Gasteiger partial charge on any atom is 0.272 e. The van der Waals surface area contributed by atoms with Crippen LogP contribution in [0.5, 0.6) is 0 Å². The van der Waals surface area contributed by atoms with E-state index in [-0.39, 0.29) is 11.4 Å². The fraction of sp³-hybridized carbons (Fsp3) is 0.412. The number of fused-ring (bicyclic) bond motifs is 1. The molecule has 0 aromatic carbocycles. The van der Waals surface area contributed by atoms with Crippen molar-refractivity contribution >= 4 is 11.7 Å². The summed E-state index contributed by atoms with van der Waals surface area (Å²) >= 11 is 0. The number of aromatic nitrogens is 3. The number of rotatable bonds is 3. The zero-order valence-electron chi connectivity index (χ0n) is 13.1. The second kappa shape index (κ2) is 5.30. The number of anilines is 1. The first kappa shape index (κ1) is 14.1. The van der Waals surface area contributed by atoms with Crippen LogP contribution in [0.25, 0.3) is 0 Å². The van der Waals surface area contributed by atoms with Crippen molar-refractivity contribution in [1.29, 1.82) is 0 Å². The van der Waals surface area contributed by atoms with Crippen molar-refractivity contribution in [1.82, 2.24) is 19.9 Å². The molecule has 6 nitrogen and oxygen atoms in total. The summed E-state index contributed by atoms with van der Waals surface area (Å²) in [5, 5.41) is 3.57. The molecule has 23 heavy (non-hydrogen) atoms. The second-order valence-corrected chi connectivity index (χ2v) is 6.46. The van der Waals surface area contributed by atoms with Gasteiger partial charge in [-0.25, -0.2) is 9.97 Å². The molecular weight excluding hydrogens is 290 g/mol. The summed E-state index contributed by atoms with van der Waals surface area (Å²) in [5.41, 5.74) is 1.40. The van der Waals surface area contributed by atoms with Crippen LogP contribution in [0, 0.1) is 12.8 Å². The minimum atomic E-state index is -0.0504. The number of nitrogens with zero attached hydrogens (tertiary/aromatic N) is 4. The van der Waals surface area contributed by atoms with Gasteiger partial charge in [-0.1, -0.05) is 6.07 Å². The lowest BCUT2D eigenvalue weighted by Gasteiger charge is -2.44. The van der Waals surface area contributed by atoms with E-state index in [4.69, 9.17) is 0 Å². The van der Waals surface area contributed by atoms with Crippen LogP contribution < -0.4 is 5.32 Å². The first-order valence-corrected chi connectivity index (χ1v) is 7.93. The fourth-order valence-corrected chi connectivity index (χ4v) is 3.63. The molecule has 2 aliphatic rings. The number of nitrogens with one attached hydrogen (secondary N) is 1. The van der Waals surface area contributed by atoms with Crippen LogP contribution in [-0.4, -0.2) is 44.4 Å². The molecule has 0 bridgehead atoms. The zero-order chi connectivity index (χ0) is 15.9. The molecule has 2 unspecified atom stereocenters. The number of pyridine rings is 1. The van der Waals surface area contributed by atoms with Gasteiger partial charge in [0.25, 0.3) is 5.91 Å². The Morgan fingerprint density at radius 3 is 2.96 bits per heavy atom. The third-order valence-corrected chi connectivity index (χ3v) is 4.99. The highest BCUT2D eigenvalue weighted by atomic mass is 16.2. The lowest BCUT2D eigenvalue weighted by molar-refractivity contribution is 0.0780. The number of hydrogen-bond donors (Lipinski definition) is 1. The Bertz CT molecular complexity index is 735. The summed E-state index contributed by atoms with van der Waals surface area (Å²) in [5.74, 6) is 1.33. The molecule has 0 spiro atoms. The van der Waals surface area contributed by atoms with E-state index in [1.54, 1.807) is 18.6 Å². The monoisotopic (exact) mass is 309 g/mol. The number of carbonyl (C=O) groups is 1. The van der Waals surface area contributed by atoms with Gasteiger partial charge in [0.1, 0.15) is 17.8 Å². The maximum atomic E-state index is 12.6. The highest BCUT2D eigenvalue weighted by molar-refractivity contribution is 5.92. The third-order valence-electron chi connectivity index (χ3n) is 4.99. The predicted molar refractivity (Wildman–Crippen MR) is 86.0 cm³/mol. The highest BCUT2D eigenvalue weighted by Crippen LogP contribution is 2.46. The minimum absolute atomic E-state index is 0.0139. The van der Waals surface area contributed by atoms with E-state index < -0.39 is 0 Å². The van der Waals surface area contributed by atoms with Crippen molar-refractivity contribution in [3.05, 3.63) is 48.2 Å². The van der Waals surface area contributed by atoms with Crippen molar-refractivity contribution in [3.63, 3.8) is 0 Å². The molecule has 1 aliphatic carbocycles. The van der Waals surface area contributed by atoms with Crippen molar-refractivity contribution in [2.24, 2.45) is 5.92 Å². The number of hydrogen-bond acceptors (Lipinski definition) is 5. The van der Waals surface area contributed by atoms with Crippen molar-refractivity contribution in [3.8, 4) is 0 Å². The lowest BCUT2D eigenvalue weighted by atomic mass is 9.69. The number of carbonyl (C=O) groups excluding carboxylic acids is 1. The van der Waals surface area contributed by atoms with Crippen molar-refractivity contribution in [2.45, 2.75) is 25.3 Å². The Hall–Kier alpha value is -2.50. The van der Waals surface area contributed by atoms with Gasteiger partial charge in [0, 0.05) is 37.0 Å². The van der Waals surface area contributed by atoms with Crippen LogP contribution in [0.15, 0.2) is 36.8 Å². The maximum absolute atomic E-state index is 12.6. The average Bonchev–Trinajstić information content (AvgIpc) is 2.80. The standard InChI is InChI=1S/C17H19N5O/c1-12-8-15(20-11-19-12)21-17-6-5-13(17)9-22(10-17)16(23)14-4-2-3-7-18-14/h2-4,7-8,11,13H,5-6,9-10H2,1H3,(H,19,20,21). The van der Waals surface area contributed by atoms with Gasteiger partial charge in [-0.15, -0.1) is 0 Å². The summed E-state index contributed by atoms with van der Waals surface area (Å²) in [6, 6.07) is 7.40. The topological polar surface area (TPSA) is 71.0 Å². The van der Waals surface area contributed by atoms with Gasteiger partial charge < -0.3 is 10.2 Å². The van der Waals surface area contributed by atoms with E-state index >= 15 is 0 Å². The van der Waals surface area contributed by atoms with Crippen LogP contribution in [0.3, 0.4) is 0 Å². The minimum Gasteiger partial charge on any atom is -0.362 e. The zero-order valence-corrected chi connectivity index (χ0v) is 13.1. The number of amides is 1. The Morgan fingerprint density at radius 1 is 1.35 bits per heavy atom. The summed E-state index contributed by atoms with van der Waals surface area (Å²) in [4.78, 5) is 27.2. The quantitative estimate of drug-likeness (QED) is 0.937. The van der Waals surface area contributed by atoms with Gasteiger partial charge in [-0.05, 0) is 31.9 Å². The average molecular weight is 309 g/mol. The third kappa shape index (κ3) is 2.44. The normalized spacial score (nSPS) is 25.6. The Morgan fingerprint density at radius 2 is 2.26 bits per heavy atom. The van der Waals surface area contributed by atoms with Crippen molar-refractivity contribution < 1.29 is 4.79 Å². The number of aryl methyl sites for hydroxylation is 1. The molecule has 1 saturated heterocycles. The van der Waals surface area contributed by atoms with Crippen LogP contribution in [0.4, 0.5) is 5.82 Å². The molecule has 0 radical (unpaired) electrons. The Labute approximate surface area is 135 Å². The molecule has 2 aromatic rings. The molecule has 1 N–H and O–H groups in total. The molecule has 3 heterocycles. The van der Waals surface area contributed by atoms with Gasteiger partial charge in [0.15, 0.2) is 0 Å². The SMILES string of the molecule is Cc1cc(NC23CCC2CN(C(=O)c2ccccn2)C3)ncn1. The highest BCUT2D eigenvalue weighted by Gasteiger charge is 2.54. The van der Waals surface area contributed by atoms with Crippen LogP contribution >= 0.6 is 0 Å². The molecule has 6 heteroatoms. The van der Waals surface area contributed by atoms with E-state index in [9.17, 15) is 4.79 Å². The summed E-state index contributed by atoms with van der Waals surface area (Å²) in [6.45, 7) is 3.44. The molecule has 4 rings (SSSR count). The smallest absolute Gasteiger partial charge is 0.272 e. The molecule has 2 aromatic heterocycles. The largest absolute Gasteiger partial charge is 0.362 e. The van der Waals surface area contributed by atoms with Crippen LogP contribution in [0.2, 0.25) is 0 Å². The summed E-state index contributed by atoms with van der Waals surface area (Å²) in [7, 11) is 0. The predicted octanol–water partition coefficient (Wildman–Crippen LogP) is 1.90. The van der Waals surface area contributed by atoms with E-state index in [1.165, 1.54) is 0 Å². The lowest BCUT2D eigenvalue weighted by Crippen LogP contribution is -2.53. The first-order valence-electron chi connectivity index (χ1n) is 7.93. The van der Waals surface area contributed by atoms with Gasteiger partial charge in [-0.2, -0.15) is 0 Å². The van der Waals surface area contributed by atoms with E-state index in [2.05, 4.69) is 20.3 Å². The van der Waals surface area contributed by atoms with E-state index in [0.29, 0.717) is 18.2 Å². The number of likely N-dealkylation sites (tertiary alicyclic amines) is 1. The van der Waals surface area contributed by atoms with Crippen LogP contribution in [-0.2, 0) is 0 Å². The van der Waals surface area contributed by atoms with Gasteiger partial charge in [0.2, 0.25) is 0 Å². The molecule has 2 fully saturated rings. The van der Waals surface area contributed by atoms with Gasteiger partial charge >= 0.3 is 0 Å². The molecule has 1 saturated carbocycles. The van der Waals surface area contributed by atoms with Crippen molar-refractivity contribution in [2.75, 3.05) is 18.4 Å². The van der Waals surface area contributed by atoms with Gasteiger partial charge in [0.05, 0.1) is 5.54 Å². The molecule has 1 aliphatic heterocycles. The Balaban J connectivity index is 1.52. The fourth-order valence-electron chi connectivity index (χ4n) is 3.63. The molecule has 118 valence electrons. The summed E-state index contributed by atoms with van der Waals surface area (Å²) < 4.78 is 0. The first-order chi connectivity index (χ1) is 11.2.